The number of nitrogens with zero attached hydrogens (tertiary/aromatic N) is 2. The number of pyridine rings is 1. The number of aromatic nitrogens is 1. The average Bonchev–Trinajstić information content (AvgIpc) is 3.11. The number of hydrogen-bond acceptors (Lipinski definition) is 4. The van der Waals surface area contributed by atoms with E-state index in [4.69, 9.17) is 16.6 Å². The van der Waals surface area contributed by atoms with Crippen LogP contribution in [0.15, 0.2) is 35.4 Å². The fourth-order valence-corrected chi connectivity index (χ4v) is 5.45. The van der Waals surface area contributed by atoms with Crippen LogP contribution < -0.4 is 10.2 Å². The highest BCUT2D eigenvalue weighted by Gasteiger charge is 2.16. The molecule has 2 aliphatic rings. The van der Waals surface area contributed by atoms with Crippen LogP contribution in [0.4, 0.5) is 5.69 Å². The lowest BCUT2D eigenvalue weighted by atomic mass is 10.0. The highest BCUT2D eigenvalue weighted by molar-refractivity contribution is 7.98. The molecule has 0 unspecified atom stereocenters. The molecule has 0 aliphatic carbocycles. The Balaban J connectivity index is 1.44. The van der Waals surface area contributed by atoms with Crippen molar-refractivity contribution in [2.75, 3.05) is 31.1 Å². The molecular weight excluding hydrogens is 374 g/mol. The van der Waals surface area contributed by atoms with Crippen LogP contribution in [-0.2, 0) is 18.6 Å². The van der Waals surface area contributed by atoms with Gasteiger partial charge in [0.15, 0.2) is 0 Å². The van der Waals surface area contributed by atoms with Crippen LogP contribution in [0.5, 0.6) is 0 Å². The zero-order valence-electron chi connectivity index (χ0n) is 15.8. The standard InChI is InChI=1S/C22H28ClN3S/c23-21-8-5-17-9-11-24-12-10-20(17)22(21)27-16-18-6-7-19(15-25-18)26-13-3-1-2-4-14-26/h5-8,15,24H,1-4,9-14,16H2. The minimum absolute atomic E-state index is 0.865. The van der Waals surface area contributed by atoms with E-state index in [0.29, 0.717) is 0 Å². The maximum absolute atomic E-state index is 6.55. The predicted octanol–water partition coefficient (Wildman–Crippen LogP) is 5.10. The third kappa shape index (κ3) is 4.79. The van der Waals surface area contributed by atoms with Crippen molar-refractivity contribution in [3.63, 3.8) is 0 Å². The third-order valence-corrected chi connectivity index (χ3v) is 7.20. The van der Waals surface area contributed by atoms with Crippen LogP contribution in [0.1, 0.15) is 42.5 Å². The normalized spacial score (nSPS) is 17.9. The third-order valence-electron chi connectivity index (χ3n) is 5.58. The summed E-state index contributed by atoms with van der Waals surface area (Å²) in [4.78, 5) is 8.47. The summed E-state index contributed by atoms with van der Waals surface area (Å²) in [6, 6.07) is 8.68. The van der Waals surface area contributed by atoms with Gasteiger partial charge in [-0.05, 0) is 68.1 Å². The summed E-state index contributed by atoms with van der Waals surface area (Å²) in [6.07, 6.45) is 9.50. The van der Waals surface area contributed by atoms with Crippen LogP contribution in [0.3, 0.4) is 0 Å². The van der Waals surface area contributed by atoms with Crippen molar-refractivity contribution in [3.05, 3.63) is 52.3 Å². The number of thioether (sulfide) groups is 1. The van der Waals surface area contributed by atoms with Crippen molar-refractivity contribution in [1.29, 1.82) is 0 Å². The topological polar surface area (TPSA) is 28.2 Å². The van der Waals surface area contributed by atoms with Gasteiger partial charge in [-0.25, -0.2) is 0 Å². The summed E-state index contributed by atoms with van der Waals surface area (Å²) in [6.45, 7) is 4.41. The van der Waals surface area contributed by atoms with Crippen molar-refractivity contribution in [2.45, 2.75) is 49.2 Å². The lowest BCUT2D eigenvalue weighted by molar-refractivity contribution is 0.709. The predicted molar refractivity (Wildman–Crippen MR) is 116 cm³/mol. The molecule has 0 saturated carbocycles. The summed E-state index contributed by atoms with van der Waals surface area (Å²) in [7, 11) is 0. The number of halogens is 1. The maximum atomic E-state index is 6.55. The molecule has 0 spiro atoms. The lowest BCUT2D eigenvalue weighted by Crippen LogP contribution is -2.23. The molecule has 1 aromatic heterocycles. The van der Waals surface area contributed by atoms with Crippen LogP contribution in [0, 0.1) is 0 Å². The Morgan fingerprint density at radius 3 is 2.59 bits per heavy atom. The molecule has 27 heavy (non-hydrogen) atoms. The van der Waals surface area contributed by atoms with E-state index in [1.54, 1.807) is 0 Å². The first-order valence-corrected chi connectivity index (χ1v) is 11.5. The van der Waals surface area contributed by atoms with E-state index in [2.05, 4.69) is 40.7 Å². The number of hydrogen-bond donors (Lipinski definition) is 1. The first-order valence-electron chi connectivity index (χ1n) is 10.1. The Morgan fingerprint density at radius 1 is 1.00 bits per heavy atom. The van der Waals surface area contributed by atoms with Gasteiger partial charge in [0.05, 0.1) is 22.6 Å². The second kappa shape index (κ2) is 9.31. The quantitative estimate of drug-likeness (QED) is 0.721. The zero-order chi connectivity index (χ0) is 18.5. The smallest absolute Gasteiger partial charge is 0.0552 e. The molecule has 4 rings (SSSR count). The van der Waals surface area contributed by atoms with Crippen molar-refractivity contribution in [1.82, 2.24) is 10.3 Å². The minimum Gasteiger partial charge on any atom is -0.370 e. The zero-order valence-corrected chi connectivity index (χ0v) is 17.4. The summed E-state index contributed by atoms with van der Waals surface area (Å²) in [5.74, 6) is 0.865. The molecule has 2 aliphatic heterocycles. The van der Waals surface area contributed by atoms with Gasteiger partial charge in [-0.1, -0.05) is 30.5 Å². The summed E-state index contributed by atoms with van der Waals surface area (Å²) >= 11 is 8.39. The highest BCUT2D eigenvalue weighted by Crippen LogP contribution is 2.36. The lowest BCUT2D eigenvalue weighted by Gasteiger charge is -2.22. The number of anilines is 1. The fourth-order valence-electron chi connectivity index (χ4n) is 4.03. The molecule has 0 amide bonds. The highest BCUT2D eigenvalue weighted by atomic mass is 35.5. The summed E-state index contributed by atoms with van der Waals surface area (Å²) in [5, 5.41) is 4.36. The van der Waals surface area contributed by atoms with Gasteiger partial charge in [-0.3, -0.25) is 4.98 Å². The van der Waals surface area contributed by atoms with Crippen molar-refractivity contribution < 1.29 is 0 Å². The van der Waals surface area contributed by atoms with Crippen LogP contribution in [0.2, 0.25) is 5.02 Å². The van der Waals surface area contributed by atoms with Gasteiger partial charge >= 0.3 is 0 Å². The van der Waals surface area contributed by atoms with Gasteiger partial charge in [0.25, 0.3) is 0 Å². The second-order valence-corrected chi connectivity index (χ2v) is 8.85. The van der Waals surface area contributed by atoms with Crippen LogP contribution >= 0.6 is 23.4 Å². The molecule has 5 heteroatoms. The molecule has 3 nitrogen and oxygen atoms in total. The second-order valence-electron chi connectivity index (χ2n) is 7.46. The van der Waals surface area contributed by atoms with Gasteiger partial charge in [0.2, 0.25) is 0 Å². The van der Waals surface area contributed by atoms with E-state index >= 15 is 0 Å². The van der Waals surface area contributed by atoms with Gasteiger partial charge < -0.3 is 10.2 Å². The van der Waals surface area contributed by atoms with Gasteiger partial charge in [0, 0.05) is 23.7 Å². The van der Waals surface area contributed by atoms with Crippen molar-refractivity contribution in [3.8, 4) is 0 Å². The van der Waals surface area contributed by atoms with E-state index in [1.807, 2.05) is 11.8 Å². The Bertz CT molecular complexity index is 755. The van der Waals surface area contributed by atoms with Gasteiger partial charge in [0.1, 0.15) is 0 Å². The molecule has 1 N–H and O–H groups in total. The van der Waals surface area contributed by atoms with Crippen LogP contribution in [-0.4, -0.2) is 31.2 Å². The molecule has 2 aromatic rings. The first-order chi connectivity index (χ1) is 13.3. The molecule has 3 heterocycles. The molecule has 1 fully saturated rings. The molecule has 0 radical (unpaired) electrons. The van der Waals surface area contributed by atoms with Gasteiger partial charge in [-0.15, -0.1) is 11.8 Å². The summed E-state index contributed by atoms with van der Waals surface area (Å²) < 4.78 is 0. The SMILES string of the molecule is Clc1ccc2c(c1SCc1ccc(N3CCCCCC3)cn1)CCNCC2. The monoisotopic (exact) mass is 401 g/mol. The van der Waals surface area contributed by atoms with Crippen LogP contribution in [0.25, 0.3) is 0 Å². The molecule has 0 atom stereocenters. The number of fused-ring (bicyclic) bond motifs is 1. The molecule has 0 bridgehead atoms. The Labute approximate surface area is 171 Å². The number of nitrogens with one attached hydrogen (secondary N) is 1. The first kappa shape index (κ1) is 19.1. The average molecular weight is 402 g/mol. The van der Waals surface area contributed by atoms with Gasteiger partial charge in [-0.2, -0.15) is 0 Å². The van der Waals surface area contributed by atoms with E-state index in [9.17, 15) is 0 Å². The number of benzene rings is 1. The minimum atomic E-state index is 0.865. The van der Waals surface area contributed by atoms with E-state index in [0.717, 1.165) is 55.5 Å². The Kier molecular flexibility index (Phi) is 6.59. The Morgan fingerprint density at radius 2 is 1.81 bits per heavy atom. The number of rotatable bonds is 4. The molecule has 1 saturated heterocycles. The maximum Gasteiger partial charge on any atom is 0.0552 e. The molecule has 144 valence electrons. The van der Waals surface area contributed by atoms with Crippen molar-refractivity contribution >= 4 is 29.1 Å². The van der Waals surface area contributed by atoms with E-state index in [1.165, 1.54) is 47.4 Å². The Hall–Kier alpha value is -1.23. The molecular formula is C22H28ClN3S. The fraction of sp³-hybridized carbons (Fsp3) is 0.500. The largest absolute Gasteiger partial charge is 0.370 e. The summed E-state index contributed by atoms with van der Waals surface area (Å²) in [5.41, 5.74) is 5.26. The van der Waals surface area contributed by atoms with E-state index < -0.39 is 0 Å². The van der Waals surface area contributed by atoms with E-state index in [-0.39, 0.29) is 0 Å². The van der Waals surface area contributed by atoms with Crippen molar-refractivity contribution in [2.24, 2.45) is 0 Å². The molecule has 1 aromatic carbocycles.